The summed E-state index contributed by atoms with van der Waals surface area (Å²) in [6.45, 7) is 3.72. The maximum atomic E-state index is 12.3. The lowest BCUT2D eigenvalue weighted by atomic mass is 10.2. The Labute approximate surface area is 156 Å². The number of nitrogens with one attached hydrogen (secondary N) is 1. The van der Waals surface area contributed by atoms with Gasteiger partial charge in [-0.05, 0) is 47.9 Å². The van der Waals surface area contributed by atoms with E-state index in [9.17, 15) is 4.79 Å². The predicted octanol–water partition coefficient (Wildman–Crippen LogP) is 1.51. The van der Waals surface area contributed by atoms with Gasteiger partial charge in [-0.1, -0.05) is 23.9 Å². The smallest absolute Gasteiger partial charge is 0.233 e. The molecule has 3 rings (SSSR count). The highest BCUT2D eigenvalue weighted by molar-refractivity contribution is 8.00. The first kappa shape index (κ1) is 18.7. The number of amides is 1. The lowest BCUT2D eigenvalue weighted by Crippen LogP contribution is -2.36. The van der Waals surface area contributed by atoms with E-state index < -0.39 is 0 Å². The van der Waals surface area contributed by atoms with Crippen LogP contribution in [0.4, 0.5) is 0 Å². The monoisotopic (exact) mass is 377 g/mol. The topological polar surface area (TPSA) is 91.2 Å². The lowest BCUT2D eigenvalue weighted by molar-refractivity contribution is -0.120. The molecule has 1 aromatic carbocycles. The Kier molecular flexibility index (Phi) is 6.45. The second kappa shape index (κ2) is 9.00. The highest BCUT2D eigenvalue weighted by Gasteiger charge is 2.21. The number of tetrazole rings is 1. The fraction of sp³-hybridized carbons (Fsp3) is 0.529. The molecule has 9 heteroatoms. The van der Waals surface area contributed by atoms with E-state index in [4.69, 9.17) is 9.47 Å². The number of thioether (sulfide) groups is 1. The molecule has 2 heterocycles. The van der Waals surface area contributed by atoms with Crippen molar-refractivity contribution in [3.05, 3.63) is 29.8 Å². The predicted molar refractivity (Wildman–Crippen MR) is 97.2 cm³/mol. The van der Waals surface area contributed by atoms with Crippen LogP contribution in [0, 0.1) is 0 Å². The van der Waals surface area contributed by atoms with Crippen molar-refractivity contribution in [3.63, 3.8) is 0 Å². The van der Waals surface area contributed by atoms with E-state index >= 15 is 0 Å². The van der Waals surface area contributed by atoms with Gasteiger partial charge in [-0.3, -0.25) is 4.79 Å². The van der Waals surface area contributed by atoms with Crippen LogP contribution < -0.4 is 10.1 Å². The van der Waals surface area contributed by atoms with Crippen LogP contribution in [-0.2, 0) is 16.1 Å². The van der Waals surface area contributed by atoms with Crippen molar-refractivity contribution in [2.24, 2.45) is 0 Å². The Morgan fingerprint density at radius 2 is 2.27 bits per heavy atom. The van der Waals surface area contributed by atoms with Crippen molar-refractivity contribution in [1.29, 1.82) is 0 Å². The fourth-order valence-electron chi connectivity index (χ4n) is 2.66. The van der Waals surface area contributed by atoms with E-state index in [1.165, 1.54) is 11.8 Å². The molecule has 1 fully saturated rings. The van der Waals surface area contributed by atoms with Crippen LogP contribution in [0.15, 0.2) is 29.4 Å². The van der Waals surface area contributed by atoms with Gasteiger partial charge in [0.05, 0.1) is 25.0 Å². The summed E-state index contributed by atoms with van der Waals surface area (Å²) < 4.78 is 12.4. The van der Waals surface area contributed by atoms with Gasteiger partial charge in [0, 0.05) is 13.2 Å². The molecular formula is C17H23N5O3S. The number of carbonyl (C=O) groups excluding carboxylic acids is 1. The van der Waals surface area contributed by atoms with Gasteiger partial charge in [0.2, 0.25) is 11.1 Å². The minimum atomic E-state index is -0.294. The Morgan fingerprint density at radius 3 is 2.96 bits per heavy atom. The van der Waals surface area contributed by atoms with Gasteiger partial charge in [0.25, 0.3) is 0 Å². The number of benzene rings is 1. The minimum absolute atomic E-state index is 0.0375. The first-order valence-corrected chi connectivity index (χ1v) is 9.48. The first-order valence-electron chi connectivity index (χ1n) is 8.61. The maximum absolute atomic E-state index is 12.3. The summed E-state index contributed by atoms with van der Waals surface area (Å²) in [5.41, 5.74) is 1.05. The third-order valence-corrected chi connectivity index (χ3v) is 5.24. The van der Waals surface area contributed by atoms with Crippen molar-refractivity contribution in [3.8, 4) is 5.75 Å². The molecule has 0 unspecified atom stereocenters. The summed E-state index contributed by atoms with van der Waals surface area (Å²) in [5.74, 6) is 0.765. The molecule has 1 aromatic heterocycles. The average Bonchev–Trinajstić information content (AvgIpc) is 3.32. The molecule has 1 saturated heterocycles. The van der Waals surface area contributed by atoms with Gasteiger partial charge in [-0.15, -0.1) is 5.10 Å². The van der Waals surface area contributed by atoms with Gasteiger partial charge in [-0.2, -0.15) is 0 Å². The van der Waals surface area contributed by atoms with Gasteiger partial charge < -0.3 is 14.8 Å². The number of nitrogens with zero attached hydrogens (tertiary/aromatic N) is 4. The Morgan fingerprint density at radius 1 is 1.46 bits per heavy atom. The Balaban J connectivity index is 1.54. The van der Waals surface area contributed by atoms with Crippen LogP contribution in [0.2, 0.25) is 0 Å². The highest BCUT2D eigenvalue weighted by atomic mass is 32.2. The van der Waals surface area contributed by atoms with E-state index in [0.717, 1.165) is 30.8 Å². The summed E-state index contributed by atoms with van der Waals surface area (Å²) in [4.78, 5) is 12.3. The van der Waals surface area contributed by atoms with Crippen LogP contribution >= 0.6 is 11.8 Å². The SMILES string of the molecule is COc1ccc(Cn2nnnc2S[C@@H](C)C(=O)NC[C@H]2CCCO2)cc1. The molecule has 1 aliphatic heterocycles. The summed E-state index contributed by atoms with van der Waals surface area (Å²) in [6, 6.07) is 7.72. The Bertz CT molecular complexity index is 715. The lowest BCUT2D eigenvalue weighted by Gasteiger charge is -2.14. The molecular weight excluding hydrogens is 354 g/mol. The van der Waals surface area contributed by atoms with Crippen LogP contribution in [0.3, 0.4) is 0 Å². The summed E-state index contributed by atoms with van der Waals surface area (Å²) in [7, 11) is 1.64. The minimum Gasteiger partial charge on any atom is -0.497 e. The van der Waals surface area contributed by atoms with Crippen molar-refractivity contribution in [2.75, 3.05) is 20.3 Å². The molecule has 1 aliphatic rings. The molecule has 2 atom stereocenters. The molecule has 0 spiro atoms. The van der Waals surface area contributed by atoms with Crippen molar-refractivity contribution >= 4 is 17.7 Å². The second-order valence-electron chi connectivity index (χ2n) is 6.11. The van der Waals surface area contributed by atoms with Crippen LogP contribution in [0.1, 0.15) is 25.3 Å². The van der Waals surface area contributed by atoms with E-state index in [2.05, 4.69) is 20.8 Å². The molecule has 0 saturated carbocycles. The van der Waals surface area contributed by atoms with Crippen molar-refractivity contribution < 1.29 is 14.3 Å². The molecule has 0 bridgehead atoms. The zero-order valence-corrected chi connectivity index (χ0v) is 15.7. The normalized spacial score (nSPS) is 17.8. The zero-order valence-electron chi connectivity index (χ0n) is 14.9. The number of ether oxygens (including phenoxy) is 2. The second-order valence-corrected chi connectivity index (χ2v) is 7.42. The van der Waals surface area contributed by atoms with Gasteiger partial charge in [0.1, 0.15) is 5.75 Å². The molecule has 1 amide bonds. The molecule has 2 aromatic rings. The number of rotatable bonds is 8. The summed E-state index contributed by atoms with van der Waals surface area (Å²) in [6.07, 6.45) is 2.20. The Hall–Kier alpha value is -2.13. The summed E-state index contributed by atoms with van der Waals surface area (Å²) >= 11 is 1.34. The quantitative estimate of drug-likeness (QED) is 0.697. The third kappa shape index (κ3) is 4.95. The number of hydrogen-bond acceptors (Lipinski definition) is 7. The number of hydrogen-bond donors (Lipinski definition) is 1. The standard InChI is InChI=1S/C17H23N5O3S/c1-12(16(23)18-10-15-4-3-9-25-15)26-17-19-20-21-22(17)11-13-5-7-14(24-2)8-6-13/h5-8,12,15H,3-4,9-11H2,1-2H3,(H,18,23)/t12-,15+/m0/s1. The molecule has 8 nitrogen and oxygen atoms in total. The van der Waals surface area contributed by atoms with Crippen LogP contribution in [0.5, 0.6) is 5.75 Å². The van der Waals surface area contributed by atoms with Crippen LogP contribution in [-0.4, -0.2) is 57.7 Å². The van der Waals surface area contributed by atoms with Gasteiger partial charge >= 0.3 is 0 Å². The molecule has 26 heavy (non-hydrogen) atoms. The molecule has 1 N–H and O–H groups in total. The number of methoxy groups -OCH3 is 1. The van der Waals surface area contributed by atoms with Crippen molar-refractivity contribution in [1.82, 2.24) is 25.5 Å². The van der Waals surface area contributed by atoms with E-state index in [1.54, 1.807) is 11.8 Å². The highest BCUT2D eigenvalue weighted by Crippen LogP contribution is 2.21. The van der Waals surface area contributed by atoms with Gasteiger partial charge in [0.15, 0.2) is 0 Å². The number of carbonyl (C=O) groups is 1. The number of aromatic nitrogens is 4. The average molecular weight is 377 g/mol. The van der Waals surface area contributed by atoms with Crippen molar-refractivity contribution in [2.45, 2.75) is 42.8 Å². The zero-order chi connectivity index (χ0) is 18.4. The summed E-state index contributed by atoms with van der Waals surface area (Å²) in [5, 5.41) is 15.1. The van der Waals surface area contributed by atoms with E-state index in [0.29, 0.717) is 18.2 Å². The van der Waals surface area contributed by atoms with E-state index in [-0.39, 0.29) is 17.3 Å². The van der Waals surface area contributed by atoms with E-state index in [1.807, 2.05) is 31.2 Å². The molecule has 140 valence electrons. The maximum Gasteiger partial charge on any atom is 0.233 e. The third-order valence-electron chi connectivity index (χ3n) is 4.17. The fourth-order valence-corrected chi connectivity index (χ4v) is 3.47. The van der Waals surface area contributed by atoms with Gasteiger partial charge in [-0.25, -0.2) is 4.68 Å². The molecule has 0 radical (unpaired) electrons. The molecule has 0 aliphatic carbocycles. The largest absolute Gasteiger partial charge is 0.497 e. The first-order chi connectivity index (χ1) is 12.7. The van der Waals surface area contributed by atoms with Crippen LogP contribution in [0.25, 0.3) is 0 Å².